The second kappa shape index (κ2) is 9.95. The van der Waals surface area contributed by atoms with Crippen molar-refractivity contribution in [2.24, 2.45) is 0 Å². The predicted octanol–water partition coefficient (Wildman–Crippen LogP) is 4.38. The van der Waals surface area contributed by atoms with Gasteiger partial charge in [-0.1, -0.05) is 12.6 Å². The number of H-pyrrole nitrogens is 1. The first-order valence-electron chi connectivity index (χ1n) is 11.6. The monoisotopic (exact) mass is 485 g/mol. The molecule has 3 aromatic heterocycles. The molecule has 0 aliphatic carbocycles. The maximum atomic E-state index is 15.0. The Bertz CT molecular complexity index is 1430. The van der Waals surface area contributed by atoms with E-state index in [-0.39, 0.29) is 23.1 Å². The van der Waals surface area contributed by atoms with Crippen LogP contribution in [0, 0.1) is 5.82 Å². The maximum absolute atomic E-state index is 15.0. The second-order valence-electron chi connectivity index (χ2n) is 8.48. The first-order chi connectivity index (χ1) is 17.5. The van der Waals surface area contributed by atoms with Crippen molar-refractivity contribution in [2.45, 2.75) is 18.8 Å². The Labute approximate surface area is 206 Å². The third-order valence-electron chi connectivity index (χ3n) is 6.31. The normalized spacial score (nSPS) is 14.0. The topological polar surface area (TPSA) is 116 Å². The number of nitrogens with one attached hydrogen (secondary N) is 3. The number of aromatic nitrogens is 4. The summed E-state index contributed by atoms with van der Waals surface area (Å²) in [4.78, 5) is 42.1. The maximum Gasteiger partial charge on any atom is 0.256 e. The smallest absolute Gasteiger partial charge is 0.256 e. The number of carbonyl (C=O) groups is 2. The van der Waals surface area contributed by atoms with E-state index in [4.69, 9.17) is 0 Å². The molecule has 3 N–H and O–H groups in total. The molecule has 5 rings (SSSR count). The Morgan fingerprint density at radius 2 is 1.97 bits per heavy atom. The van der Waals surface area contributed by atoms with E-state index < -0.39 is 11.7 Å². The molecule has 0 radical (unpaired) electrons. The van der Waals surface area contributed by atoms with Crippen molar-refractivity contribution >= 4 is 40.2 Å². The van der Waals surface area contributed by atoms with Crippen molar-refractivity contribution in [1.82, 2.24) is 24.8 Å². The molecule has 1 fully saturated rings. The Morgan fingerprint density at radius 3 is 2.69 bits per heavy atom. The molecule has 1 aliphatic rings. The molecular formula is C26H24FN7O2. The lowest BCUT2D eigenvalue weighted by atomic mass is 9.89. The molecule has 0 saturated carbocycles. The van der Waals surface area contributed by atoms with Crippen LogP contribution in [0.3, 0.4) is 0 Å². The largest absolute Gasteiger partial charge is 0.346 e. The number of hydrogen-bond donors (Lipinski definition) is 3. The Balaban J connectivity index is 1.36. The van der Waals surface area contributed by atoms with Gasteiger partial charge in [-0.3, -0.25) is 9.59 Å². The fourth-order valence-corrected chi connectivity index (χ4v) is 4.45. The number of aromatic amines is 1. The number of hydrogen-bond acceptors (Lipinski definition) is 6. The summed E-state index contributed by atoms with van der Waals surface area (Å²) >= 11 is 0. The van der Waals surface area contributed by atoms with Crippen LogP contribution in [-0.4, -0.2) is 49.7 Å². The molecule has 4 heterocycles. The van der Waals surface area contributed by atoms with E-state index in [9.17, 15) is 9.59 Å². The van der Waals surface area contributed by atoms with Crippen LogP contribution in [-0.2, 0) is 4.79 Å². The van der Waals surface area contributed by atoms with Gasteiger partial charge in [0.25, 0.3) is 5.91 Å². The molecular weight excluding hydrogens is 461 g/mol. The van der Waals surface area contributed by atoms with E-state index in [2.05, 4.69) is 37.1 Å². The lowest BCUT2D eigenvalue weighted by Crippen LogP contribution is -2.36. The van der Waals surface area contributed by atoms with Gasteiger partial charge in [0.15, 0.2) is 0 Å². The number of benzene rings is 1. The summed E-state index contributed by atoms with van der Waals surface area (Å²) in [6, 6.07) is 9.35. The minimum absolute atomic E-state index is 0.0642. The van der Waals surface area contributed by atoms with Crippen molar-refractivity contribution in [3.63, 3.8) is 0 Å². The van der Waals surface area contributed by atoms with Gasteiger partial charge >= 0.3 is 0 Å². The van der Waals surface area contributed by atoms with Crippen molar-refractivity contribution in [3.05, 3.63) is 84.7 Å². The van der Waals surface area contributed by atoms with Gasteiger partial charge in [-0.25, -0.2) is 19.3 Å². The Kier molecular flexibility index (Phi) is 6.40. The molecule has 36 heavy (non-hydrogen) atoms. The summed E-state index contributed by atoms with van der Waals surface area (Å²) in [6.07, 6.45) is 7.78. The van der Waals surface area contributed by atoms with Crippen LogP contribution in [0.4, 0.5) is 21.7 Å². The molecule has 182 valence electrons. The molecule has 0 bridgehead atoms. The number of halogens is 1. The van der Waals surface area contributed by atoms with Crippen molar-refractivity contribution in [1.29, 1.82) is 0 Å². The average molecular weight is 486 g/mol. The van der Waals surface area contributed by atoms with Crippen LogP contribution in [0.1, 0.15) is 34.7 Å². The molecule has 1 aromatic carbocycles. The minimum atomic E-state index is -0.594. The van der Waals surface area contributed by atoms with Crippen LogP contribution in [0.15, 0.2) is 67.8 Å². The highest BCUT2D eigenvalue weighted by Crippen LogP contribution is 2.36. The molecule has 1 aliphatic heterocycles. The van der Waals surface area contributed by atoms with Crippen molar-refractivity contribution in [2.75, 3.05) is 23.7 Å². The summed E-state index contributed by atoms with van der Waals surface area (Å²) < 4.78 is 15.0. The molecule has 0 atom stereocenters. The van der Waals surface area contributed by atoms with Gasteiger partial charge in [-0.2, -0.15) is 0 Å². The third kappa shape index (κ3) is 4.65. The van der Waals surface area contributed by atoms with Gasteiger partial charge in [0.1, 0.15) is 29.4 Å². The standard InChI is InChI=1S/C26H24FN7O2/c1-2-22(35)34-11-8-16(9-12-34)18-14-29-24-23(18)25(31-15-30-24)32-20-7-6-17(13-19(20)27)26(36)33-21-5-3-4-10-28-21/h2-7,10,13-16H,1,8-9,11-12H2,(H,28,33,36)(H2,29,30,31,32). The summed E-state index contributed by atoms with van der Waals surface area (Å²) in [7, 11) is 0. The summed E-state index contributed by atoms with van der Waals surface area (Å²) in [6.45, 7) is 4.83. The number of fused-ring (bicyclic) bond motifs is 1. The van der Waals surface area contributed by atoms with Gasteiger partial charge in [-0.15, -0.1) is 0 Å². The molecule has 0 unspecified atom stereocenters. The average Bonchev–Trinajstić information content (AvgIpc) is 3.35. The van der Waals surface area contributed by atoms with Crippen LogP contribution >= 0.6 is 0 Å². The number of likely N-dealkylation sites (tertiary alicyclic amines) is 1. The number of anilines is 3. The highest BCUT2D eigenvalue weighted by molar-refractivity contribution is 6.04. The van der Waals surface area contributed by atoms with E-state index >= 15 is 4.39 Å². The summed E-state index contributed by atoms with van der Waals surface area (Å²) in [5, 5.41) is 6.49. The van der Waals surface area contributed by atoms with E-state index in [1.807, 2.05) is 6.20 Å². The highest BCUT2D eigenvalue weighted by Gasteiger charge is 2.26. The summed E-state index contributed by atoms with van der Waals surface area (Å²) in [5.74, 6) is -0.0764. The van der Waals surface area contributed by atoms with Gasteiger partial charge in [-0.05, 0) is 60.7 Å². The lowest BCUT2D eigenvalue weighted by Gasteiger charge is -2.31. The van der Waals surface area contributed by atoms with E-state index in [1.165, 1.54) is 30.6 Å². The van der Waals surface area contributed by atoms with Crippen LogP contribution in [0.25, 0.3) is 11.0 Å². The first kappa shape index (κ1) is 23.2. The summed E-state index contributed by atoms with van der Waals surface area (Å²) in [5.41, 5.74) is 2.01. The number of rotatable bonds is 6. The van der Waals surface area contributed by atoms with Crippen LogP contribution in [0.5, 0.6) is 0 Å². The Morgan fingerprint density at radius 1 is 1.14 bits per heavy atom. The molecule has 2 amide bonds. The van der Waals surface area contributed by atoms with Gasteiger partial charge < -0.3 is 20.5 Å². The number of nitrogens with zero attached hydrogens (tertiary/aromatic N) is 4. The zero-order valence-electron chi connectivity index (χ0n) is 19.4. The lowest BCUT2D eigenvalue weighted by molar-refractivity contribution is -0.127. The fraction of sp³-hybridized carbons (Fsp3) is 0.192. The van der Waals surface area contributed by atoms with Gasteiger partial charge in [0, 0.05) is 31.0 Å². The quantitative estimate of drug-likeness (QED) is 0.349. The molecule has 0 spiro atoms. The second-order valence-corrected chi connectivity index (χ2v) is 8.48. The highest BCUT2D eigenvalue weighted by atomic mass is 19.1. The van der Waals surface area contributed by atoms with Crippen molar-refractivity contribution in [3.8, 4) is 0 Å². The van der Waals surface area contributed by atoms with Crippen LogP contribution in [0.2, 0.25) is 0 Å². The fourth-order valence-electron chi connectivity index (χ4n) is 4.45. The molecule has 10 heteroatoms. The number of carbonyl (C=O) groups excluding carboxylic acids is 2. The minimum Gasteiger partial charge on any atom is -0.346 e. The van der Waals surface area contributed by atoms with E-state index in [0.29, 0.717) is 30.4 Å². The zero-order valence-corrected chi connectivity index (χ0v) is 19.4. The number of pyridine rings is 1. The molecule has 9 nitrogen and oxygen atoms in total. The van der Waals surface area contributed by atoms with Gasteiger partial charge in [0.2, 0.25) is 5.91 Å². The number of piperidine rings is 1. The zero-order chi connectivity index (χ0) is 25.1. The SMILES string of the molecule is C=CC(=O)N1CCC(c2c[nH]c3ncnc(Nc4ccc(C(=O)Nc5ccccn5)cc4F)c23)CC1. The first-order valence-corrected chi connectivity index (χ1v) is 11.6. The third-order valence-corrected chi connectivity index (χ3v) is 6.31. The Hall–Kier alpha value is -4.60. The van der Waals surface area contributed by atoms with E-state index in [0.717, 1.165) is 23.8 Å². The van der Waals surface area contributed by atoms with E-state index in [1.54, 1.807) is 29.3 Å². The molecule has 1 saturated heterocycles. The van der Waals surface area contributed by atoms with Crippen molar-refractivity contribution < 1.29 is 14.0 Å². The van der Waals surface area contributed by atoms with Crippen LogP contribution < -0.4 is 10.6 Å². The molecule has 4 aromatic rings. The number of amides is 2. The predicted molar refractivity (Wildman–Crippen MR) is 135 cm³/mol. The van der Waals surface area contributed by atoms with Gasteiger partial charge in [0.05, 0.1) is 11.1 Å².